The molecule has 1 atom stereocenters. The summed E-state index contributed by atoms with van der Waals surface area (Å²) < 4.78 is 19.5. The summed E-state index contributed by atoms with van der Waals surface area (Å²) in [4.78, 5) is 3.72. The number of hydrogen-bond donors (Lipinski definition) is 2. The Balaban J connectivity index is 2.12. The number of nitrogens with two attached hydrogens (primary N) is 1. The fraction of sp³-hybridized carbons (Fsp3) is 0.0714. The second-order valence-corrected chi connectivity index (χ2v) is 4.71. The number of fused-ring (bicyclic) bond motifs is 1. The van der Waals surface area contributed by atoms with E-state index < -0.39 is 11.9 Å². The van der Waals surface area contributed by atoms with Gasteiger partial charge in [0.2, 0.25) is 0 Å². The molecule has 0 aliphatic carbocycles. The number of rotatable bonds is 3. The van der Waals surface area contributed by atoms with E-state index in [-0.39, 0.29) is 0 Å². The number of benzene rings is 1. The number of nitrogens with one attached hydrogen (secondary N) is 1. The molecule has 3 aromatic rings. The van der Waals surface area contributed by atoms with Crippen LogP contribution in [0.3, 0.4) is 0 Å². The van der Waals surface area contributed by atoms with Crippen LogP contribution in [0.25, 0.3) is 11.0 Å². The third-order valence-electron chi connectivity index (χ3n) is 3.08. The van der Waals surface area contributed by atoms with Gasteiger partial charge in [-0.05, 0) is 18.2 Å². The molecule has 1 aromatic carbocycles. The molecule has 0 saturated heterocycles. The second kappa shape index (κ2) is 5.20. The van der Waals surface area contributed by atoms with Crippen LogP contribution in [0.2, 0.25) is 5.02 Å². The van der Waals surface area contributed by atoms with Gasteiger partial charge in [-0.25, -0.2) is 9.82 Å². The van der Waals surface area contributed by atoms with E-state index >= 15 is 0 Å². The minimum Gasteiger partial charge on any atom is -0.457 e. The maximum absolute atomic E-state index is 13.8. The van der Waals surface area contributed by atoms with E-state index in [1.807, 2.05) is 12.1 Å². The van der Waals surface area contributed by atoms with Gasteiger partial charge in [-0.3, -0.25) is 10.8 Å². The Hall–Kier alpha value is -1.95. The van der Waals surface area contributed by atoms with Gasteiger partial charge in [0.15, 0.2) is 5.58 Å². The average Bonchev–Trinajstić information content (AvgIpc) is 2.87. The highest BCUT2D eigenvalue weighted by molar-refractivity contribution is 6.34. The number of pyridine rings is 1. The third-order valence-corrected chi connectivity index (χ3v) is 3.38. The van der Waals surface area contributed by atoms with Crippen molar-refractivity contribution in [2.45, 2.75) is 6.04 Å². The van der Waals surface area contributed by atoms with Crippen molar-refractivity contribution in [2.24, 2.45) is 5.84 Å². The Labute approximate surface area is 119 Å². The summed E-state index contributed by atoms with van der Waals surface area (Å²) in [5.74, 6) is 5.57. The number of hydrogen-bond acceptors (Lipinski definition) is 4. The molecule has 0 aliphatic heterocycles. The largest absolute Gasteiger partial charge is 0.457 e. The first kappa shape index (κ1) is 13.1. The lowest BCUT2D eigenvalue weighted by molar-refractivity contribution is 0.461. The van der Waals surface area contributed by atoms with E-state index in [1.54, 1.807) is 18.2 Å². The zero-order chi connectivity index (χ0) is 14.1. The van der Waals surface area contributed by atoms with Crippen LogP contribution in [-0.4, -0.2) is 4.98 Å². The summed E-state index contributed by atoms with van der Waals surface area (Å²) in [6.07, 6.45) is 2.63. The molecule has 0 aliphatic rings. The van der Waals surface area contributed by atoms with Crippen molar-refractivity contribution in [3.8, 4) is 0 Å². The van der Waals surface area contributed by atoms with Crippen molar-refractivity contribution < 1.29 is 8.81 Å². The fourth-order valence-corrected chi connectivity index (χ4v) is 2.36. The Morgan fingerprint density at radius 3 is 2.90 bits per heavy atom. The summed E-state index contributed by atoms with van der Waals surface area (Å²) in [5.41, 5.74) is 3.46. The summed E-state index contributed by atoms with van der Waals surface area (Å²) in [7, 11) is 0. The molecule has 0 amide bonds. The van der Waals surface area contributed by atoms with Gasteiger partial charge in [-0.2, -0.15) is 0 Å². The van der Waals surface area contributed by atoms with Gasteiger partial charge in [-0.15, -0.1) is 0 Å². The highest BCUT2D eigenvalue weighted by Crippen LogP contribution is 2.32. The SMILES string of the molecule is NNC(c1cc2cccc(Cl)c2o1)c1ccncc1F. The molecule has 0 saturated carbocycles. The lowest BCUT2D eigenvalue weighted by Gasteiger charge is -2.13. The molecular formula is C14H11ClFN3O. The van der Waals surface area contributed by atoms with Crippen molar-refractivity contribution in [3.05, 3.63) is 64.9 Å². The summed E-state index contributed by atoms with van der Waals surface area (Å²) in [5, 5.41) is 1.34. The number of para-hydroxylation sites is 1. The van der Waals surface area contributed by atoms with E-state index in [2.05, 4.69) is 10.4 Å². The third kappa shape index (κ3) is 2.16. The van der Waals surface area contributed by atoms with Crippen molar-refractivity contribution in [1.82, 2.24) is 10.4 Å². The van der Waals surface area contributed by atoms with Crippen molar-refractivity contribution in [1.29, 1.82) is 0 Å². The zero-order valence-corrected chi connectivity index (χ0v) is 11.1. The molecule has 2 aromatic heterocycles. The fourth-order valence-electron chi connectivity index (χ4n) is 2.13. The first-order valence-corrected chi connectivity index (χ1v) is 6.32. The standard InChI is InChI=1S/C14H11ClFN3O/c15-10-3-1-2-8-6-12(20-14(8)10)13(19-17)9-4-5-18-7-11(9)16/h1-7,13,19H,17H2. The van der Waals surface area contributed by atoms with Crippen LogP contribution in [-0.2, 0) is 0 Å². The van der Waals surface area contributed by atoms with Crippen LogP contribution >= 0.6 is 11.6 Å². The molecule has 102 valence electrons. The number of nitrogens with zero attached hydrogens (tertiary/aromatic N) is 1. The number of furan rings is 1. The Kier molecular flexibility index (Phi) is 3.40. The smallest absolute Gasteiger partial charge is 0.152 e. The summed E-state index contributed by atoms with van der Waals surface area (Å²) in [6, 6.07) is 8.14. The highest BCUT2D eigenvalue weighted by atomic mass is 35.5. The van der Waals surface area contributed by atoms with Crippen molar-refractivity contribution in [2.75, 3.05) is 0 Å². The highest BCUT2D eigenvalue weighted by Gasteiger charge is 2.21. The lowest BCUT2D eigenvalue weighted by Crippen LogP contribution is -2.29. The predicted octanol–water partition coefficient (Wildman–Crippen LogP) is 3.17. The zero-order valence-electron chi connectivity index (χ0n) is 10.3. The molecule has 4 nitrogen and oxygen atoms in total. The van der Waals surface area contributed by atoms with E-state index in [0.717, 1.165) is 11.6 Å². The maximum atomic E-state index is 13.8. The molecule has 6 heteroatoms. The minimum atomic E-state index is -0.610. The summed E-state index contributed by atoms with van der Waals surface area (Å²) >= 11 is 6.07. The van der Waals surface area contributed by atoms with Gasteiger partial charge in [0.25, 0.3) is 0 Å². The number of halogens is 2. The normalized spacial score (nSPS) is 12.8. The van der Waals surface area contributed by atoms with Crippen LogP contribution in [0.15, 0.2) is 47.1 Å². The minimum absolute atomic E-state index is 0.359. The van der Waals surface area contributed by atoms with Gasteiger partial charge in [-0.1, -0.05) is 23.7 Å². The van der Waals surface area contributed by atoms with Crippen LogP contribution < -0.4 is 11.3 Å². The molecule has 0 bridgehead atoms. The molecule has 2 heterocycles. The molecule has 0 spiro atoms. The van der Waals surface area contributed by atoms with Crippen molar-refractivity contribution >= 4 is 22.6 Å². The maximum Gasteiger partial charge on any atom is 0.152 e. The predicted molar refractivity (Wildman–Crippen MR) is 74.6 cm³/mol. The van der Waals surface area contributed by atoms with Crippen LogP contribution in [0, 0.1) is 5.82 Å². The van der Waals surface area contributed by atoms with Crippen LogP contribution in [0.5, 0.6) is 0 Å². The molecule has 3 rings (SSSR count). The number of hydrazine groups is 1. The van der Waals surface area contributed by atoms with E-state index in [4.69, 9.17) is 21.9 Å². The second-order valence-electron chi connectivity index (χ2n) is 4.30. The first-order chi connectivity index (χ1) is 9.70. The van der Waals surface area contributed by atoms with Gasteiger partial charge in [0.05, 0.1) is 11.2 Å². The van der Waals surface area contributed by atoms with Gasteiger partial charge < -0.3 is 4.42 Å². The molecule has 3 N–H and O–H groups in total. The molecule has 0 radical (unpaired) electrons. The monoisotopic (exact) mass is 291 g/mol. The van der Waals surface area contributed by atoms with Gasteiger partial charge in [0, 0.05) is 17.1 Å². The summed E-state index contributed by atoms with van der Waals surface area (Å²) in [6.45, 7) is 0. The van der Waals surface area contributed by atoms with Gasteiger partial charge >= 0.3 is 0 Å². The van der Waals surface area contributed by atoms with E-state index in [9.17, 15) is 4.39 Å². The Bertz CT molecular complexity index is 759. The molecular weight excluding hydrogens is 281 g/mol. The first-order valence-electron chi connectivity index (χ1n) is 5.94. The molecule has 1 unspecified atom stereocenters. The van der Waals surface area contributed by atoms with Crippen LogP contribution in [0.1, 0.15) is 17.4 Å². The molecule has 20 heavy (non-hydrogen) atoms. The Morgan fingerprint density at radius 1 is 1.35 bits per heavy atom. The lowest BCUT2D eigenvalue weighted by atomic mass is 10.1. The van der Waals surface area contributed by atoms with Crippen LogP contribution in [0.4, 0.5) is 4.39 Å². The quantitative estimate of drug-likeness (QED) is 0.575. The van der Waals surface area contributed by atoms with E-state index in [1.165, 1.54) is 6.20 Å². The molecule has 0 fully saturated rings. The average molecular weight is 292 g/mol. The Morgan fingerprint density at radius 2 is 2.20 bits per heavy atom. The van der Waals surface area contributed by atoms with Gasteiger partial charge in [0.1, 0.15) is 17.6 Å². The van der Waals surface area contributed by atoms with E-state index in [0.29, 0.717) is 21.9 Å². The van der Waals surface area contributed by atoms with Crippen molar-refractivity contribution in [3.63, 3.8) is 0 Å². The topological polar surface area (TPSA) is 64.1 Å². The number of aromatic nitrogens is 1.